The molecular formula is C27H30FN5O3. The Balaban J connectivity index is 1.40. The van der Waals surface area contributed by atoms with E-state index in [9.17, 15) is 9.50 Å². The van der Waals surface area contributed by atoms with E-state index in [1.165, 1.54) is 0 Å². The van der Waals surface area contributed by atoms with Crippen LogP contribution in [0.2, 0.25) is 0 Å². The lowest BCUT2D eigenvalue weighted by Gasteiger charge is -2.35. The Morgan fingerprint density at radius 2 is 1.92 bits per heavy atom. The molecule has 2 aromatic carbocycles. The van der Waals surface area contributed by atoms with Gasteiger partial charge in [0.2, 0.25) is 5.95 Å². The van der Waals surface area contributed by atoms with E-state index in [2.05, 4.69) is 10.3 Å². The van der Waals surface area contributed by atoms with Gasteiger partial charge in [-0.25, -0.2) is 13.9 Å². The number of hydrogen-bond acceptors (Lipinski definition) is 7. The van der Waals surface area contributed by atoms with E-state index in [-0.39, 0.29) is 5.92 Å². The van der Waals surface area contributed by atoms with Crippen molar-refractivity contribution in [3.8, 4) is 22.8 Å². The molecular weight excluding hydrogens is 461 g/mol. The van der Waals surface area contributed by atoms with Crippen molar-refractivity contribution < 1.29 is 19.0 Å². The van der Waals surface area contributed by atoms with Crippen molar-refractivity contribution in [2.45, 2.75) is 18.4 Å². The van der Waals surface area contributed by atoms with Crippen LogP contribution in [0, 0.1) is 0 Å². The summed E-state index contributed by atoms with van der Waals surface area (Å²) >= 11 is 0. The fourth-order valence-corrected chi connectivity index (χ4v) is 4.89. The predicted molar refractivity (Wildman–Crippen MR) is 137 cm³/mol. The maximum Gasteiger partial charge on any atom is 0.245 e. The quantitative estimate of drug-likeness (QED) is 0.381. The Bertz CT molecular complexity index is 1340. The molecule has 0 radical (unpaired) electrons. The molecule has 0 aliphatic carbocycles. The Morgan fingerprint density at radius 3 is 2.69 bits per heavy atom. The number of ether oxygens (including phenoxy) is 2. The second-order valence-corrected chi connectivity index (χ2v) is 8.87. The summed E-state index contributed by atoms with van der Waals surface area (Å²) in [5.41, 5.74) is 4.39. The van der Waals surface area contributed by atoms with Crippen molar-refractivity contribution >= 4 is 17.2 Å². The third-order valence-electron chi connectivity index (χ3n) is 6.75. The van der Waals surface area contributed by atoms with Gasteiger partial charge >= 0.3 is 0 Å². The normalized spacial score (nSPS) is 18.3. The molecule has 1 fully saturated rings. The lowest BCUT2D eigenvalue weighted by molar-refractivity contribution is 0.0487. The zero-order chi connectivity index (χ0) is 25.1. The fraction of sp³-hybridized carbons (Fsp3) is 0.333. The van der Waals surface area contributed by atoms with Crippen LogP contribution in [-0.2, 0) is 0 Å². The number of halogens is 1. The van der Waals surface area contributed by atoms with Crippen LogP contribution in [0.25, 0.3) is 16.8 Å². The highest BCUT2D eigenvalue weighted by atomic mass is 19.1. The minimum absolute atomic E-state index is 0.0281. The number of piperidine rings is 1. The molecule has 0 unspecified atom stereocenters. The summed E-state index contributed by atoms with van der Waals surface area (Å²) in [6.45, 7) is 1.19. The molecule has 2 atom stereocenters. The first-order valence-electron chi connectivity index (χ1n) is 12.0. The number of fused-ring (bicyclic) bond motifs is 1. The van der Waals surface area contributed by atoms with Gasteiger partial charge in [0, 0.05) is 24.6 Å². The van der Waals surface area contributed by atoms with Crippen molar-refractivity contribution in [3.05, 3.63) is 66.4 Å². The van der Waals surface area contributed by atoms with Crippen molar-refractivity contribution in [2.75, 3.05) is 45.8 Å². The number of methoxy groups -OCH3 is 2. The molecule has 0 saturated carbocycles. The molecule has 0 bridgehead atoms. The summed E-state index contributed by atoms with van der Waals surface area (Å²) in [4.78, 5) is 6.43. The van der Waals surface area contributed by atoms with E-state index < -0.39 is 12.8 Å². The minimum Gasteiger partial charge on any atom is -0.496 e. The molecule has 2 aromatic heterocycles. The monoisotopic (exact) mass is 491 g/mol. The molecule has 8 nitrogen and oxygen atoms in total. The lowest BCUT2D eigenvalue weighted by atomic mass is 9.87. The Hall–Kier alpha value is -3.69. The Morgan fingerprint density at radius 1 is 1.08 bits per heavy atom. The number of rotatable bonds is 8. The van der Waals surface area contributed by atoms with Gasteiger partial charge in [0.15, 0.2) is 0 Å². The summed E-state index contributed by atoms with van der Waals surface area (Å²) in [6.07, 6.45) is 1.97. The molecule has 0 spiro atoms. The second kappa shape index (κ2) is 10.5. The molecule has 4 aromatic rings. The van der Waals surface area contributed by atoms with Gasteiger partial charge in [-0.3, -0.25) is 4.90 Å². The highest BCUT2D eigenvalue weighted by Crippen LogP contribution is 2.35. The Kier molecular flexibility index (Phi) is 7.02. The highest BCUT2D eigenvalue weighted by Gasteiger charge is 2.29. The Labute approximate surface area is 209 Å². The number of β-amino-alcohol motifs (C(OH)–C–C–N with tert-alkyl or cyclic N) is 1. The van der Waals surface area contributed by atoms with Crippen LogP contribution in [-0.4, -0.2) is 71.2 Å². The van der Waals surface area contributed by atoms with Gasteiger partial charge in [-0.2, -0.15) is 0 Å². The van der Waals surface area contributed by atoms with Crippen LogP contribution in [0.4, 0.5) is 16.0 Å². The van der Waals surface area contributed by atoms with Gasteiger partial charge in [-0.05, 0) is 54.9 Å². The molecule has 3 heterocycles. The zero-order valence-electron chi connectivity index (χ0n) is 20.4. The van der Waals surface area contributed by atoms with Crippen molar-refractivity contribution in [3.63, 3.8) is 0 Å². The average molecular weight is 492 g/mol. The van der Waals surface area contributed by atoms with E-state index in [0.29, 0.717) is 24.8 Å². The summed E-state index contributed by atoms with van der Waals surface area (Å²) in [5, 5.41) is 18.7. The van der Waals surface area contributed by atoms with E-state index in [0.717, 1.165) is 46.7 Å². The van der Waals surface area contributed by atoms with E-state index in [4.69, 9.17) is 14.6 Å². The molecule has 9 heteroatoms. The summed E-state index contributed by atoms with van der Waals surface area (Å²) in [7, 11) is 3.26. The first-order chi connectivity index (χ1) is 17.6. The third-order valence-corrected chi connectivity index (χ3v) is 6.75. The molecule has 1 saturated heterocycles. The van der Waals surface area contributed by atoms with Crippen LogP contribution in [0.15, 0.2) is 60.8 Å². The van der Waals surface area contributed by atoms with Crippen LogP contribution in [0.5, 0.6) is 11.5 Å². The van der Waals surface area contributed by atoms with Crippen LogP contribution in [0.1, 0.15) is 17.9 Å². The van der Waals surface area contributed by atoms with Crippen molar-refractivity contribution in [1.82, 2.24) is 19.5 Å². The first-order valence-corrected chi connectivity index (χ1v) is 12.0. The molecule has 188 valence electrons. The van der Waals surface area contributed by atoms with E-state index in [1.54, 1.807) is 20.4 Å². The summed E-state index contributed by atoms with van der Waals surface area (Å²) < 4.78 is 25.7. The smallest absolute Gasteiger partial charge is 0.245 e. The maximum atomic E-state index is 12.7. The largest absolute Gasteiger partial charge is 0.496 e. The lowest BCUT2D eigenvalue weighted by Crippen LogP contribution is -2.43. The molecule has 1 aliphatic rings. The SMILES string of the molecule is COc1cc([C@@H]2CCN(CCF)C[C@@H]2O)ccc1Nc1ncc2ccc(-c3ccccc3OC)n2n1. The van der Waals surface area contributed by atoms with Gasteiger partial charge < -0.3 is 19.9 Å². The number of aliphatic hydroxyl groups is 1. The number of aliphatic hydroxyl groups excluding tert-OH is 1. The van der Waals surface area contributed by atoms with Crippen LogP contribution < -0.4 is 14.8 Å². The summed E-state index contributed by atoms with van der Waals surface area (Å²) in [5.74, 6) is 1.78. The van der Waals surface area contributed by atoms with Crippen molar-refractivity contribution in [1.29, 1.82) is 0 Å². The van der Waals surface area contributed by atoms with Crippen LogP contribution in [0.3, 0.4) is 0 Å². The number of nitrogens with zero attached hydrogens (tertiary/aromatic N) is 4. The predicted octanol–water partition coefficient (Wildman–Crippen LogP) is 4.28. The average Bonchev–Trinajstić information content (AvgIpc) is 3.32. The number of hydrogen-bond donors (Lipinski definition) is 2. The van der Waals surface area contributed by atoms with Crippen molar-refractivity contribution in [2.24, 2.45) is 0 Å². The molecule has 0 amide bonds. The summed E-state index contributed by atoms with van der Waals surface area (Å²) in [6, 6.07) is 17.6. The fourth-order valence-electron chi connectivity index (χ4n) is 4.89. The second-order valence-electron chi connectivity index (χ2n) is 8.87. The number of aromatic nitrogens is 3. The molecule has 2 N–H and O–H groups in total. The first kappa shape index (κ1) is 24.0. The minimum atomic E-state index is -0.554. The molecule has 1 aliphatic heterocycles. The number of benzene rings is 2. The van der Waals surface area contributed by atoms with Gasteiger partial charge in [0.25, 0.3) is 0 Å². The molecule has 5 rings (SSSR count). The number of para-hydroxylation sites is 1. The number of nitrogens with one attached hydrogen (secondary N) is 1. The highest BCUT2D eigenvalue weighted by molar-refractivity contribution is 5.72. The van der Waals surface area contributed by atoms with Gasteiger partial charge in [-0.15, -0.1) is 5.10 Å². The topological polar surface area (TPSA) is 84.2 Å². The van der Waals surface area contributed by atoms with Crippen LogP contribution >= 0.6 is 0 Å². The van der Waals surface area contributed by atoms with E-state index >= 15 is 0 Å². The standard InChI is InChI=1S/C27H30FN5O3/c1-35-25-6-4-3-5-21(25)23-10-8-19-16-29-27(31-33(19)23)30-22-9-7-18(15-26(22)36-2)20-11-13-32(14-12-28)17-24(20)34/h3-10,15-16,20,24,34H,11-14,17H2,1-2H3,(H,30,31)/t20-,24-/m0/s1. The molecule has 36 heavy (non-hydrogen) atoms. The number of alkyl halides is 1. The van der Waals surface area contributed by atoms with Gasteiger partial charge in [0.1, 0.15) is 18.2 Å². The number of likely N-dealkylation sites (tertiary alicyclic amines) is 1. The maximum absolute atomic E-state index is 12.7. The van der Waals surface area contributed by atoms with Gasteiger partial charge in [0.05, 0.1) is 43.4 Å². The third kappa shape index (κ3) is 4.72. The van der Waals surface area contributed by atoms with Gasteiger partial charge in [-0.1, -0.05) is 18.2 Å². The zero-order valence-corrected chi connectivity index (χ0v) is 20.4. The number of anilines is 2. The van der Waals surface area contributed by atoms with E-state index in [1.807, 2.05) is 64.0 Å².